The van der Waals surface area contributed by atoms with Gasteiger partial charge < -0.3 is 22.8 Å². The molecule has 0 rings (SSSR count). The van der Waals surface area contributed by atoms with Crippen molar-refractivity contribution in [1.82, 2.24) is 0 Å². The van der Waals surface area contributed by atoms with Crippen molar-refractivity contribution < 1.29 is 27.6 Å². The van der Waals surface area contributed by atoms with Gasteiger partial charge in [-0.2, -0.15) is 0 Å². The van der Waals surface area contributed by atoms with E-state index in [4.69, 9.17) is 5.11 Å². The normalized spacial score (nSPS) is 10.3. The lowest BCUT2D eigenvalue weighted by atomic mass is 10.1. The molecule has 0 atom stereocenters. The lowest BCUT2D eigenvalue weighted by Crippen LogP contribution is -3.00. The van der Waals surface area contributed by atoms with E-state index in [-0.39, 0.29) is 24.5 Å². The highest BCUT2D eigenvalue weighted by molar-refractivity contribution is 5.67. The van der Waals surface area contributed by atoms with E-state index in [1.807, 2.05) is 20.8 Å². The molecule has 10 heavy (non-hydrogen) atoms. The van der Waals surface area contributed by atoms with E-state index in [9.17, 15) is 4.79 Å². The van der Waals surface area contributed by atoms with Crippen molar-refractivity contribution >= 4 is 5.97 Å². The van der Waals surface area contributed by atoms with Gasteiger partial charge in [-0.25, -0.2) is 4.79 Å². The summed E-state index contributed by atoms with van der Waals surface area (Å²) in [6.07, 6.45) is 0. The molecule has 0 bridgehead atoms. The van der Waals surface area contributed by atoms with Crippen LogP contribution < -0.4 is 17.7 Å². The van der Waals surface area contributed by atoms with E-state index in [2.05, 4.69) is 0 Å². The first-order valence-electron chi connectivity index (χ1n) is 2.98. The van der Waals surface area contributed by atoms with Crippen LogP contribution >= 0.6 is 0 Å². The average Bonchev–Trinajstić information content (AvgIpc) is 1.59. The summed E-state index contributed by atoms with van der Waals surface area (Å²) in [5, 5.41) is 10.0. The Morgan fingerprint density at radius 2 is 1.90 bits per heavy atom. The first-order valence-corrected chi connectivity index (χ1v) is 2.98. The van der Waals surface area contributed by atoms with Gasteiger partial charge in [-0.1, -0.05) is 0 Å². The first-order chi connectivity index (χ1) is 3.92. The highest BCUT2D eigenvalue weighted by Crippen LogP contribution is 1.87. The number of carbonyl (C=O) groups is 1. The van der Waals surface area contributed by atoms with Gasteiger partial charge in [0.25, 0.3) is 0 Å². The molecule has 3 nitrogen and oxygen atoms in total. The van der Waals surface area contributed by atoms with Crippen molar-refractivity contribution in [1.29, 1.82) is 0 Å². The zero-order chi connectivity index (χ0) is 7.49. The van der Waals surface area contributed by atoms with Crippen LogP contribution in [0.5, 0.6) is 0 Å². The number of carboxylic acids is 1. The first kappa shape index (κ1) is 12.4. The molecule has 0 radical (unpaired) electrons. The van der Waals surface area contributed by atoms with Gasteiger partial charge in [0.1, 0.15) is 0 Å². The smallest absolute Gasteiger partial charge is 0.359 e. The minimum absolute atomic E-state index is 0. The molecule has 0 saturated heterocycles. The largest absolute Gasteiger partial charge is 1.00 e. The fourth-order valence-corrected chi connectivity index (χ4v) is 0.393. The molecule has 3 N–H and O–H groups in total. The van der Waals surface area contributed by atoms with Crippen LogP contribution in [-0.2, 0) is 4.79 Å². The Bertz CT molecular complexity index is 109. The highest BCUT2D eigenvalue weighted by Gasteiger charge is 2.13. The fourth-order valence-electron chi connectivity index (χ4n) is 0.393. The molecule has 0 aliphatic heterocycles. The lowest BCUT2D eigenvalue weighted by Gasteiger charge is -2.14. The van der Waals surface area contributed by atoms with Gasteiger partial charge >= 0.3 is 5.97 Å². The maximum atomic E-state index is 10.0. The predicted molar refractivity (Wildman–Crippen MR) is 34.2 cm³/mol. The molecule has 62 valence electrons. The summed E-state index contributed by atoms with van der Waals surface area (Å²) < 4.78 is 0. The fraction of sp³-hybridized carbons (Fsp3) is 0.833. The number of carboxylic acid groups (broad SMARTS) is 1. The van der Waals surface area contributed by atoms with Gasteiger partial charge in [-0.05, 0) is 20.8 Å². The average molecular weight is 168 g/mol. The summed E-state index contributed by atoms with van der Waals surface area (Å²) in [7, 11) is 0. The Morgan fingerprint density at radius 1 is 1.50 bits per heavy atom. The molecule has 0 aliphatic carbocycles. The second-order valence-electron chi connectivity index (χ2n) is 3.17. The SMILES string of the molecule is CC(C)(C)[NH2+]CC(=O)O.[Cl-]. The lowest BCUT2D eigenvalue weighted by molar-refractivity contribution is -0.708. The number of rotatable bonds is 2. The van der Waals surface area contributed by atoms with Crippen molar-refractivity contribution in [3.63, 3.8) is 0 Å². The van der Waals surface area contributed by atoms with E-state index < -0.39 is 5.97 Å². The number of halogens is 1. The summed E-state index contributed by atoms with van der Waals surface area (Å²) >= 11 is 0. The van der Waals surface area contributed by atoms with Gasteiger partial charge in [0.2, 0.25) is 0 Å². The number of quaternary nitrogens is 1. The quantitative estimate of drug-likeness (QED) is 0.447. The second-order valence-corrected chi connectivity index (χ2v) is 3.17. The summed E-state index contributed by atoms with van der Waals surface area (Å²) in [5.41, 5.74) is 0.0262. The molecule has 4 heteroatoms. The van der Waals surface area contributed by atoms with Crippen LogP contribution in [0.1, 0.15) is 20.8 Å². The molecule has 0 saturated carbocycles. The van der Waals surface area contributed by atoms with E-state index >= 15 is 0 Å². The second kappa shape index (κ2) is 4.52. The number of aliphatic carboxylic acids is 1. The molecule has 0 fully saturated rings. The molecule has 0 unspecified atom stereocenters. The minimum atomic E-state index is -0.759. The van der Waals surface area contributed by atoms with Crippen molar-refractivity contribution in [2.24, 2.45) is 0 Å². The van der Waals surface area contributed by atoms with Crippen LogP contribution in [0.4, 0.5) is 0 Å². The molecule has 0 amide bonds. The predicted octanol–water partition coefficient (Wildman–Crippen LogP) is -3.56. The Labute approximate surface area is 67.2 Å². The molecular weight excluding hydrogens is 154 g/mol. The minimum Gasteiger partial charge on any atom is -1.00 e. The Morgan fingerprint density at radius 3 is 2.00 bits per heavy atom. The molecule has 0 aliphatic rings. The van der Waals surface area contributed by atoms with E-state index in [0.29, 0.717) is 0 Å². The van der Waals surface area contributed by atoms with Crippen LogP contribution in [0.2, 0.25) is 0 Å². The molecule has 0 aromatic heterocycles. The van der Waals surface area contributed by atoms with Crippen LogP contribution in [0.25, 0.3) is 0 Å². The Kier molecular flexibility index (Phi) is 5.61. The van der Waals surface area contributed by atoms with Crippen molar-refractivity contribution in [2.45, 2.75) is 26.3 Å². The van der Waals surface area contributed by atoms with Crippen molar-refractivity contribution in [3.05, 3.63) is 0 Å². The molecule has 0 aromatic rings. The van der Waals surface area contributed by atoms with Gasteiger partial charge in [0.05, 0.1) is 5.54 Å². The molecule has 0 spiro atoms. The molecule has 0 aromatic carbocycles. The Hall–Kier alpha value is -0.280. The van der Waals surface area contributed by atoms with Crippen molar-refractivity contribution in [2.75, 3.05) is 6.54 Å². The number of hydrogen-bond donors (Lipinski definition) is 2. The van der Waals surface area contributed by atoms with Crippen LogP contribution in [0.3, 0.4) is 0 Å². The van der Waals surface area contributed by atoms with Crippen LogP contribution in [0, 0.1) is 0 Å². The molecular formula is C6H14ClNO2. The van der Waals surface area contributed by atoms with Crippen LogP contribution in [0.15, 0.2) is 0 Å². The monoisotopic (exact) mass is 167 g/mol. The summed E-state index contributed by atoms with van der Waals surface area (Å²) in [5.74, 6) is -0.759. The van der Waals surface area contributed by atoms with E-state index in [1.165, 1.54) is 0 Å². The summed E-state index contributed by atoms with van der Waals surface area (Å²) in [4.78, 5) is 10.0. The van der Waals surface area contributed by atoms with Gasteiger partial charge in [0, 0.05) is 0 Å². The maximum Gasteiger partial charge on any atom is 0.359 e. The van der Waals surface area contributed by atoms with Gasteiger partial charge in [0.15, 0.2) is 6.54 Å². The Balaban J connectivity index is 0. The summed E-state index contributed by atoms with van der Waals surface area (Å²) in [6.45, 7) is 6.10. The molecule has 0 heterocycles. The third-order valence-electron chi connectivity index (χ3n) is 0.889. The van der Waals surface area contributed by atoms with E-state index in [1.54, 1.807) is 5.32 Å². The third kappa shape index (κ3) is 10.7. The standard InChI is InChI=1S/C6H13NO2.ClH/c1-6(2,3)7-4-5(8)9;/h7H,4H2,1-3H3,(H,8,9);1H. The topological polar surface area (TPSA) is 53.9 Å². The van der Waals surface area contributed by atoms with E-state index in [0.717, 1.165) is 0 Å². The third-order valence-corrected chi connectivity index (χ3v) is 0.889. The van der Waals surface area contributed by atoms with Gasteiger partial charge in [-0.3, -0.25) is 0 Å². The summed E-state index contributed by atoms with van der Waals surface area (Å²) in [6, 6.07) is 0. The van der Waals surface area contributed by atoms with Gasteiger partial charge in [-0.15, -0.1) is 0 Å². The number of nitrogens with two attached hydrogens (primary N) is 1. The zero-order valence-corrected chi connectivity index (χ0v) is 7.27. The van der Waals surface area contributed by atoms with Crippen LogP contribution in [-0.4, -0.2) is 23.2 Å². The highest BCUT2D eigenvalue weighted by atomic mass is 35.5. The van der Waals surface area contributed by atoms with Crippen molar-refractivity contribution in [3.8, 4) is 0 Å². The zero-order valence-electron chi connectivity index (χ0n) is 6.52. The number of hydrogen-bond acceptors (Lipinski definition) is 1. The maximum absolute atomic E-state index is 10.0.